The van der Waals surface area contributed by atoms with Gasteiger partial charge in [-0.05, 0) is 44.9 Å². The number of nitrogens with zero attached hydrogens (tertiary/aromatic N) is 1. The minimum atomic E-state index is -4.33. The fourth-order valence-electron chi connectivity index (χ4n) is 10.4. The monoisotopic (exact) mass is 1090 g/mol. The number of allylic oxidation sites excluding steroid dienone is 4. The second kappa shape index (κ2) is 58.6. The van der Waals surface area contributed by atoms with E-state index >= 15 is 0 Å². The first-order valence-electron chi connectivity index (χ1n) is 33.7. The highest BCUT2D eigenvalue weighted by Crippen LogP contribution is 2.43. The summed E-state index contributed by atoms with van der Waals surface area (Å²) < 4.78 is 23.9. The molecule has 1 amide bonds. The van der Waals surface area contributed by atoms with Gasteiger partial charge in [0.05, 0.1) is 39.9 Å². The Balaban J connectivity index is 4.00. The number of hydrogen-bond acceptors (Lipinski definition) is 5. The number of carbonyl (C=O) groups is 1. The average Bonchev–Trinajstić information content (AvgIpc) is 3.38. The lowest BCUT2D eigenvalue weighted by atomic mass is 10.0. The van der Waals surface area contributed by atoms with E-state index in [-0.39, 0.29) is 19.1 Å². The highest BCUT2D eigenvalue weighted by atomic mass is 31.2. The van der Waals surface area contributed by atoms with E-state index in [2.05, 4.69) is 43.5 Å². The lowest BCUT2D eigenvalue weighted by molar-refractivity contribution is -0.870. The smallest absolute Gasteiger partial charge is 0.391 e. The first kappa shape index (κ1) is 75.0. The summed E-state index contributed by atoms with van der Waals surface area (Å²) in [5.74, 6) is -0.137. The van der Waals surface area contributed by atoms with Gasteiger partial charge in [0, 0.05) is 6.42 Å². The van der Waals surface area contributed by atoms with Gasteiger partial charge in [-0.3, -0.25) is 13.8 Å². The number of quaternary nitrogens is 1. The number of rotatable bonds is 63. The maximum atomic E-state index is 13.1. The minimum absolute atomic E-state index is 0.0771. The first-order valence-corrected chi connectivity index (χ1v) is 35.2. The third kappa shape index (κ3) is 60.6. The van der Waals surface area contributed by atoms with Crippen LogP contribution < -0.4 is 5.32 Å². The Labute approximate surface area is 474 Å². The molecule has 76 heavy (non-hydrogen) atoms. The molecule has 0 heterocycles. The van der Waals surface area contributed by atoms with Crippen LogP contribution in [0, 0.1) is 0 Å². The van der Waals surface area contributed by atoms with Crippen LogP contribution in [0.4, 0.5) is 0 Å². The van der Waals surface area contributed by atoms with Crippen molar-refractivity contribution >= 4 is 13.7 Å². The Hall–Kier alpha value is -1.02. The van der Waals surface area contributed by atoms with Crippen molar-refractivity contribution in [1.29, 1.82) is 0 Å². The van der Waals surface area contributed by atoms with Crippen LogP contribution in [-0.2, 0) is 18.4 Å². The summed E-state index contributed by atoms with van der Waals surface area (Å²) in [4.78, 5) is 23.4. The fraction of sp³-hybridized carbons (Fsp3) is 0.925. The van der Waals surface area contributed by atoms with Crippen molar-refractivity contribution < 1.29 is 32.9 Å². The molecule has 0 bridgehead atoms. The molecule has 0 aliphatic carbocycles. The van der Waals surface area contributed by atoms with Crippen molar-refractivity contribution in [2.75, 3.05) is 40.9 Å². The Morgan fingerprint density at radius 3 is 1.08 bits per heavy atom. The predicted octanol–water partition coefficient (Wildman–Crippen LogP) is 21.1. The topological polar surface area (TPSA) is 105 Å². The number of nitrogens with one attached hydrogen (secondary N) is 1. The summed E-state index contributed by atoms with van der Waals surface area (Å²) in [6.07, 6.45) is 75.5. The van der Waals surface area contributed by atoms with Crippen LogP contribution in [0.5, 0.6) is 0 Å². The fourth-order valence-corrected chi connectivity index (χ4v) is 11.2. The van der Waals surface area contributed by atoms with Gasteiger partial charge in [0.2, 0.25) is 5.91 Å². The van der Waals surface area contributed by atoms with Gasteiger partial charge in [-0.15, -0.1) is 0 Å². The van der Waals surface area contributed by atoms with Crippen molar-refractivity contribution in [2.24, 2.45) is 0 Å². The molecule has 3 unspecified atom stereocenters. The van der Waals surface area contributed by atoms with Crippen molar-refractivity contribution in [1.82, 2.24) is 5.32 Å². The maximum absolute atomic E-state index is 13.1. The van der Waals surface area contributed by atoms with Crippen LogP contribution in [0.3, 0.4) is 0 Å². The molecule has 0 saturated carbocycles. The van der Waals surface area contributed by atoms with Gasteiger partial charge in [-0.25, -0.2) is 4.57 Å². The molecule has 452 valence electrons. The summed E-state index contributed by atoms with van der Waals surface area (Å²) >= 11 is 0. The first-order chi connectivity index (χ1) is 37.0. The van der Waals surface area contributed by atoms with Crippen molar-refractivity contribution in [3.05, 3.63) is 24.3 Å². The summed E-state index contributed by atoms with van der Waals surface area (Å²) in [7, 11) is 1.63. The molecule has 8 nitrogen and oxygen atoms in total. The van der Waals surface area contributed by atoms with Gasteiger partial charge in [0.1, 0.15) is 13.2 Å². The molecule has 0 saturated heterocycles. The summed E-state index contributed by atoms with van der Waals surface area (Å²) in [6.45, 7) is 4.94. The van der Waals surface area contributed by atoms with E-state index < -0.39 is 20.0 Å². The zero-order chi connectivity index (χ0) is 55.6. The number of unbranched alkanes of at least 4 members (excludes halogenated alkanes) is 46. The van der Waals surface area contributed by atoms with Gasteiger partial charge >= 0.3 is 7.82 Å². The average molecular weight is 1090 g/mol. The second-order valence-corrected chi connectivity index (χ2v) is 26.0. The molecule has 3 N–H and O–H groups in total. The van der Waals surface area contributed by atoms with E-state index in [1.165, 1.54) is 276 Å². The lowest BCUT2D eigenvalue weighted by Gasteiger charge is -2.26. The van der Waals surface area contributed by atoms with Crippen LogP contribution in [-0.4, -0.2) is 73.4 Å². The molecule has 0 aliphatic heterocycles. The molecule has 0 fully saturated rings. The minimum Gasteiger partial charge on any atom is -0.391 e. The number of phosphoric ester groups is 1. The van der Waals surface area contributed by atoms with Crippen LogP contribution in [0.15, 0.2) is 24.3 Å². The molecular weight excluding hydrogens is 960 g/mol. The number of phosphoric acid groups is 1. The van der Waals surface area contributed by atoms with Gasteiger partial charge in [0.15, 0.2) is 0 Å². The second-order valence-electron chi connectivity index (χ2n) is 24.6. The Kier molecular flexibility index (Phi) is 57.8. The molecule has 0 radical (unpaired) electrons. The standard InChI is InChI=1S/C67H133N2O6P/c1-6-8-10-12-14-16-18-20-22-24-26-28-29-30-31-32-33-34-35-36-37-38-39-41-43-45-47-49-51-53-55-57-59-61-67(71)68-65(64-75-76(72,73)74-63-62-69(3,4)5)66(70)60-58-56-54-52-50-48-46-44-42-40-27-25-23-21-19-17-15-13-11-9-7-2/h26,28,30-31,65-66,70H,6-25,27,29,32-64H2,1-5H3,(H-,68,71,72,73)/p+1/b28-26-,31-30-. The number of hydrogen-bond donors (Lipinski definition) is 3. The van der Waals surface area contributed by atoms with E-state index in [9.17, 15) is 19.4 Å². The predicted molar refractivity (Wildman–Crippen MR) is 332 cm³/mol. The zero-order valence-corrected chi connectivity index (χ0v) is 52.7. The molecular formula is C67H134N2O6P+. The molecule has 0 aromatic rings. The van der Waals surface area contributed by atoms with Crippen LogP contribution in [0.25, 0.3) is 0 Å². The van der Waals surface area contributed by atoms with E-state index in [0.29, 0.717) is 23.9 Å². The molecule has 9 heteroatoms. The normalized spacial score (nSPS) is 13.8. The number of aliphatic hydroxyl groups excluding tert-OH is 1. The Morgan fingerprint density at radius 2 is 0.750 bits per heavy atom. The van der Waals surface area contributed by atoms with Gasteiger partial charge in [-0.1, -0.05) is 321 Å². The number of amides is 1. The van der Waals surface area contributed by atoms with Crippen molar-refractivity contribution in [3.8, 4) is 0 Å². The number of carbonyl (C=O) groups excluding carboxylic acids is 1. The molecule has 0 aromatic carbocycles. The van der Waals surface area contributed by atoms with Gasteiger partial charge in [-0.2, -0.15) is 0 Å². The number of aliphatic hydroxyl groups is 1. The van der Waals surface area contributed by atoms with Gasteiger partial charge < -0.3 is 19.8 Å². The third-order valence-electron chi connectivity index (χ3n) is 15.7. The van der Waals surface area contributed by atoms with Crippen molar-refractivity contribution in [3.63, 3.8) is 0 Å². The highest BCUT2D eigenvalue weighted by molar-refractivity contribution is 7.47. The van der Waals surface area contributed by atoms with E-state index in [1.807, 2.05) is 21.1 Å². The Bertz CT molecular complexity index is 1290. The van der Waals surface area contributed by atoms with Crippen molar-refractivity contribution in [2.45, 2.75) is 360 Å². The number of likely N-dealkylation sites (N-methyl/N-ethyl adjacent to an activating group) is 1. The maximum Gasteiger partial charge on any atom is 0.472 e. The lowest BCUT2D eigenvalue weighted by Crippen LogP contribution is -2.46. The van der Waals surface area contributed by atoms with Crippen LogP contribution in [0.1, 0.15) is 348 Å². The largest absolute Gasteiger partial charge is 0.472 e. The quantitative estimate of drug-likeness (QED) is 0.0243. The summed E-state index contributed by atoms with van der Waals surface area (Å²) in [5, 5.41) is 14.1. The molecule has 0 aromatic heterocycles. The molecule has 0 spiro atoms. The molecule has 0 rings (SSSR count). The molecule has 3 atom stereocenters. The van der Waals surface area contributed by atoms with Gasteiger partial charge in [0.25, 0.3) is 0 Å². The third-order valence-corrected chi connectivity index (χ3v) is 16.7. The molecule has 0 aliphatic rings. The zero-order valence-electron chi connectivity index (χ0n) is 51.8. The SMILES string of the molecule is CCCCCCCCCCC/C=C\C/C=C\CCCCCCCCCCCCCCCCCCCC(=O)NC(COP(=O)(O)OCC[N+](C)(C)C)C(O)CCCCCCCCCCCCCCCCCCCCCCC. The van der Waals surface area contributed by atoms with E-state index in [0.717, 1.165) is 44.9 Å². The van der Waals surface area contributed by atoms with Crippen LogP contribution >= 0.6 is 7.82 Å². The Morgan fingerprint density at radius 1 is 0.447 bits per heavy atom. The summed E-state index contributed by atoms with van der Waals surface area (Å²) in [6, 6.07) is -0.759. The van der Waals surface area contributed by atoms with Crippen LogP contribution in [0.2, 0.25) is 0 Å². The highest BCUT2D eigenvalue weighted by Gasteiger charge is 2.28. The van der Waals surface area contributed by atoms with E-state index in [4.69, 9.17) is 9.05 Å². The van der Waals surface area contributed by atoms with E-state index in [1.54, 1.807) is 0 Å². The summed E-state index contributed by atoms with van der Waals surface area (Å²) in [5.41, 5.74) is 0.